The molecule has 3 rings (SSSR count). The van der Waals surface area contributed by atoms with Gasteiger partial charge in [0.1, 0.15) is 0 Å². The molecule has 0 fully saturated rings. The molecule has 2 amide bonds. The Morgan fingerprint density at radius 2 is 1.86 bits per heavy atom. The molecule has 1 aliphatic rings. The Balaban J connectivity index is 1.75. The van der Waals surface area contributed by atoms with Gasteiger partial charge in [-0.05, 0) is 41.9 Å². The van der Waals surface area contributed by atoms with Crippen molar-refractivity contribution in [2.45, 2.75) is 57.9 Å². The Bertz CT molecular complexity index is 1050. The zero-order valence-electron chi connectivity index (χ0n) is 20.1. The van der Waals surface area contributed by atoms with Gasteiger partial charge < -0.3 is 20.3 Å². The first-order valence-corrected chi connectivity index (χ1v) is 11.9. The minimum atomic E-state index is -1.62. The third-order valence-corrected chi connectivity index (χ3v) is 6.33. The summed E-state index contributed by atoms with van der Waals surface area (Å²) >= 11 is 0. The van der Waals surface area contributed by atoms with Crippen LogP contribution in [0.25, 0.3) is 0 Å². The van der Waals surface area contributed by atoms with Gasteiger partial charge in [-0.2, -0.15) is 0 Å². The van der Waals surface area contributed by atoms with Crippen molar-refractivity contribution in [3.05, 3.63) is 75.3 Å². The standard InChI is InChI=1S/C25H32BN3O6/c1-17(2)12-21(26(32)33)15-24(30)23(13-18-6-4-3-5-7-18)27-25(31)28-11-10-19-8-9-22(29(34)35)14-20(19)16-28/h3-9,14,17,21,23,32-33H,10-13,15-16H2,1-2H3,(H,27,31)/t21-,23+/m1/s1. The summed E-state index contributed by atoms with van der Waals surface area (Å²) < 4.78 is 0. The van der Waals surface area contributed by atoms with E-state index in [0.717, 1.165) is 11.1 Å². The first-order chi connectivity index (χ1) is 16.6. The van der Waals surface area contributed by atoms with E-state index >= 15 is 0 Å². The number of hydrogen-bond donors (Lipinski definition) is 3. The average molecular weight is 481 g/mol. The van der Waals surface area contributed by atoms with E-state index < -0.39 is 29.9 Å². The van der Waals surface area contributed by atoms with Gasteiger partial charge >= 0.3 is 13.1 Å². The summed E-state index contributed by atoms with van der Waals surface area (Å²) in [4.78, 5) is 38.6. The maximum atomic E-state index is 13.2. The molecule has 0 radical (unpaired) electrons. The highest BCUT2D eigenvalue weighted by molar-refractivity contribution is 6.43. The Morgan fingerprint density at radius 3 is 2.49 bits per heavy atom. The van der Waals surface area contributed by atoms with E-state index in [2.05, 4.69) is 5.32 Å². The van der Waals surface area contributed by atoms with Crippen LogP contribution in [0, 0.1) is 16.0 Å². The first-order valence-electron chi connectivity index (χ1n) is 11.9. The fourth-order valence-electron chi connectivity index (χ4n) is 4.48. The van der Waals surface area contributed by atoms with E-state index in [0.29, 0.717) is 24.9 Å². The fraction of sp³-hybridized carbons (Fsp3) is 0.440. The Hall–Kier alpha value is -3.24. The van der Waals surface area contributed by atoms with E-state index in [9.17, 15) is 29.8 Å². The van der Waals surface area contributed by atoms with Gasteiger partial charge in [0.15, 0.2) is 5.78 Å². The molecule has 0 spiro atoms. The van der Waals surface area contributed by atoms with Gasteiger partial charge in [0.2, 0.25) is 0 Å². The highest BCUT2D eigenvalue weighted by Gasteiger charge is 2.32. The topological polar surface area (TPSA) is 133 Å². The molecule has 0 bridgehead atoms. The van der Waals surface area contributed by atoms with Gasteiger partial charge in [0.05, 0.1) is 11.0 Å². The maximum Gasteiger partial charge on any atom is 0.455 e. The molecule has 10 heteroatoms. The number of nitro benzene ring substituents is 1. The molecular weight excluding hydrogens is 449 g/mol. The summed E-state index contributed by atoms with van der Waals surface area (Å²) in [6, 6.07) is 12.7. The van der Waals surface area contributed by atoms with Crippen LogP contribution in [0.5, 0.6) is 0 Å². The van der Waals surface area contributed by atoms with Crippen molar-refractivity contribution in [2.24, 2.45) is 5.92 Å². The summed E-state index contributed by atoms with van der Waals surface area (Å²) in [5.41, 5.74) is 2.52. The highest BCUT2D eigenvalue weighted by atomic mass is 16.6. The number of urea groups is 1. The second kappa shape index (κ2) is 11.9. The predicted molar refractivity (Wildman–Crippen MR) is 133 cm³/mol. The Morgan fingerprint density at radius 1 is 1.14 bits per heavy atom. The molecule has 9 nitrogen and oxygen atoms in total. The molecule has 186 valence electrons. The highest BCUT2D eigenvalue weighted by Crippen LogP contribution is 2.26. The van der Waals surface area contributed by atoms with Crippen LogP contribution in [0.4, 0.5) is 10.5 Å². The van der Waals surface area contributed by atoms with Crippen molar-refractivity contribution < 1.29 is 24.6 Å². The lowest BCUT2D eigenvalue weighted by molar-refractivity contribution is -0.385. The quantitative estimate of drug-likeness (QED) is 0.271. The zero-order chi connectivity index (χ0) is 25.5. The lowest BCUT2D eigenvalue weighted by atomic mass is 9.66. The normalized spacial score (nSPS) is 14.7. The van der Waals surface area contributed by atoms with Crippen LogP contribution in [0.15, 0.2) is 48.5 Å². The van der Waals surface area contributed by atoms with Gasteiger partial charge in [-0.1, -0.05) is 50.2 Å². The molecule has 2 atom stereocenters. The van der Waals surface area contributed by atoms with Crippen LogP contribution >= 0.6 is 0 Å². The molecule has 3 N–H and O–H groups in total. The summed E-state index contributed by atoms with van der Waals surface area (Å²) in [6.45, 7) is 4.53. The molecule has 0 aliphatic carbocycles. The van der Waals surface area contributed by atoms with Crippen LogP contribution in [0.2, 0.25) is 5.82 Å². The number of carbonyl (C=O) groups excluding carboxylic acids is 2. The van der Waals surface area contributed by atoms with E-state index in [4.69, 9.17) is 0 Å². The van der Waals surface area contributed by atoms with Crippen LogP contribution in [0.3, 0.4) is 0 Å². The lowest BCUT2D eigenvalue weighted by Gasteiger charge is -2.31. The van der Waals surface area contributed by atoms with E-state index in [1.807, 2.05) is 44.2 Å². The second-order valence-corrected chi connectivity index (χ2v) is 9.55. The molecule has 1 heterocycles. The van der Waals surface area contributed by atoms with Gasteiger partial charge in [-0.3, -0.25) is 14.9 Å². The molecule has 2 aromatic rings. The van der Waals surface area contributed by atoms with Crippen molar-refractivity contribution in [3.63, 3.8) is 0 Å². The molecule has 35 heavy (non-hydrogen) atoms. The van der Waals surface area contributed by atoms with Gasteiger partial charge in [-0.25, -0.2) is 4.79 Å². The number of Topliss-reactive ketones (excluding diaryl/α,β-unsaturated/α-hetero) is 1. The van der Waals surface area contributed by atoms with Crippen molar-refractivity contribution in [1.29, 1.82) is 0 Å². The van der Waals surface area contributed by atoms with Crippen LogP contribution < -0.4 is 5.32 Å². The number of carbonyl (C=O) groups is 2. The zero-order valence-corrected chi connectivity index (χ0v) is 20.1. The lowest BCUT2D eigenvalue weighted by Crippen LogP contribution is -2.50. The van der Waals surface area contributed by atoms with Crippen LogP contribution in [-0.4, -0.2) is 51.4 Å². The summed E-state index contributed by atoms with van der Waals surface area (Å²) in [5, 5.41) is 33.5. The Labute approximate surface area is 205 Å². The minimum absolute atomic E-state index is 0.0260. The fourth-order valence-corrected chi connectivity index (χ4v) is 4.48. The Kier molecular flexibility index (Phi) is 9.00. The third kappa shape index (κ3) is 7.37. The number of non-ortho nitro benzene ring substituents is 1. The smallest absolute Gasteiger partial charge is 0.427 e. The van der Waals surface area contributed by atoms with Crippen molar-refractivity contribution in [1.82, 2.24) is 10.2 Å². The molecule has 0 unspecified atom stereocenters. The number of rotatable bonds is 10. The first kappa shape index (κ1) is 26.4. The number of benzene rings is 2. The SMILES string of the molecule is CC(C)C[C@H](CC(=O)[C@H](Cc1ccccc1)NC(=O)N1CCc2ccc([N+](=O)[O-])cc2C1)B(O)O. The number of amides is 2. The average Bonchev–Trinajstić information content (AvgIpc) is 2.82. The molecule has 0 saturated carbocycles. The third-order valence-electron chi connectivity index (χ3n) is 6.33. The van der Waals surface area contributed by atoms with E-state index in [1.54, 1.807) is 11.0 Å². The molecule has 1 aliphatic heterocycles. The van der Waals surface area contributed by atoms with Crippen molar-refractivity contribution >= 4 is 24.6 Å². The van der Waals surface area contributed by atoms with Gasteiger partial charge in [0, 0.05) is 37.5 Å². The summed E-state index contributed by atoms with van der Waals surface area (Å²) in [5.74, 6) is -0.719. The van der Waals surface area contributed by atoms with Crippen molar-refractivity contribution in [2.75, 3.05) is 6.54 Å². The maximum absolute atomic E-state index is 13.2. The monoisotopic (exact) mass is 481 g/mol. The number of nitrogens with zero attached hydrogens (tertiary/aromatic N) is 2. The number of nitrogens with one attached hydrogen (secondary N) is 1. The van der Waals surface area contributed by atoms with Crippen LogP contribution in [-0.2, 0) is 24.2 Å². The van der Waals surface area contributed by atoms with Crippen LogP contribution in [0.1, 0.15) is 43.4 Å². The summed E-state index contributed by atoms with van der Waals surface area (Å²) in [7, 11) is -1.62. The molecule has 0 saturated heterocycles. The minimum Gasteiger partial charge on any atom is -0.427 e. The van der Waals surface area contributed by atoms with Gasteiger partial charge in [-0.15, -0.1) is 0 Å². The number of nitro groups is 1. The largest absolute Gasteiger partial charge is 0.455 e. The predicted octanol–water partition coefficient (Wildman–Crippen LogP) is 3.12. The molecule has 2 aromatic carbocycles. The van der Waals surface area contributed by atoms with Gasteiger partial charge in [0.25, 0.3) is 5.69 Å². The second-order valence-electron chi connectivity index (χ2n) is 9.55. The summed E-state index contributed by atoms with van der Waals surface area (Å²) in [6.07, 6.45) is 1.24. The van der Waals surface area contributed by atoms with E-state index in [1.165, 1.54) is 12.1 Å². The van der Waals surface area contributed by atoms with E-state index in [-0.39, 0.29) is 36.8 Å². The molecular formula is C25H32BN3O6. The number of ketones is 1. The number of fused-ring (bicyclic) bond motifs is 1. The molecule has 0 aromatic heterocycles. The number of hydrogen-bond acceptors (Lipinski definition) is 6. The van der Waals surface area contributed by atoms with Crippen molar-refractivity contribution in [3.8, 4) is 0 Å².